The van der Waals surface area contributed by atoms with E-state index in [9.17, 15) is 14.4 Å². The molecule has 0 saturated heterocycles. The number of benzene rings is 3. The van der Waals surface area contributed by atoms with E-state index in [-0.39, 0.29) is 25.5 Å². The van der Waals surface area contributed by atoms with E-state index in [0.717, 1.165) is 11.1 Å². The first-order valence-corrected chi connectivity index (χ1v) is 15.8. The molecular formula is C36H47N5O8. The molecule has 0 bridgehead atoms. The normalized spacial score (nSPS) is 12.6. The summed E-state index contributed by atoms with van der Waals surface area (Å²) in [6.07, 6.45) is -3.15. The van der Waals surface area contributed by atoms with Crippen LogP contribution in [-0.4, -0.2) is 67.0 Å². The summed E-state index contributed by atoms with van der Waals surface area (Å²) in [5, 5.41) is 5.31. The fraction of sp³-hybridized carbons (Fsp3) is 0.389. The van der Waals surface area contributed by atoms with Gasteiger partial charge in [0.15, 0.2) is 6.10 Å². The molecule has 0 saturated carbocycles. The molecule has 1 atom stereocenters. The topological polar surface area (TPSA) is 186 Å². The fourth-order valence-corrected chi connectivity index (χ4v) is 4.30. The van der Waals surface area contributed by atoms with Crippen molar-refractivity contribution in [1.29, 1.82) is 0 Å². The second kappa shape index (κ2) is 17.9. The van der Waals surface area contributed by atoms with Gasteiger partial charge >= 0.3 is 18.2 Å². The van der Waals surface area contributed by atoms with E-state index in [4.69, 9.17) is 35.4 Å². The number of ether oxygens (including phenoxy) is 4. The molecule has 2 amide bonds. The summed E-state index contributed by atoms with van der Waals surface area (Å²) < 4.78 is 22.2. The first-order valence-electron chi connectivity index (χ1n) is 15.8. The highest BCUT2D eigenvalue weighted by atomic mass is 16.7. The summed E-state index contributed by atoms with van der Waals surface area (Å²) in [6.45, 7) is 10.3. The quantitative estimate of drug-likeness (QED) is 0.0608. The Morgan fingerprint density at radius 3 is 1.63 bits per heavy atom. The molecule has 3 aromatic carbocycles. The lowest BCUT2D eigenvalue weighted by molar-refractivity contribution is -0.163. The molecule has 0 radical (unpaired) electrons. The van der Waals surface area contributed by atoms with Gasteiger partial charge in [-0.05, 0) is 76.9 Å². The number of nitrogens with zero attached hydrogens (tertiary/aromatic N) is 1. The van der Waals surface area contributed by atoms with Gasteiger partial charge in [0.1, 0.15) is 29.4 Å². The summed E-state index contributed by atoms with van der Waals surface area (Å²) in [6, 6.07) is 24.7. The zero-order valence-electron chi connectivity index (χ0n) is 28.8. The van der Waals surface area contributed by atoms with E-state index in [2.05, 4.69) is 15.6 Å². The molecule has 0 heterocycles. The van der Waals surface area contributed by atoms with Gasteiger partial charge in [0.05, 0.1) is 6.04 Å². The lowest BCUT2D eigenvalue weighted by atomic mass is 10.0. The number of carbonyl (C=O) groups is 3. The van der Waals surface area contributed by atoms with Gasteiger partial charge in [-0.25, -0.2) is 20.3 Å². The average molecular weight is 678 g/mol. The zero-order valence-corrected chi connectivity index (χ0v) is 28.8. The lowest BCUT2D eigenvalue weighted by Gasteiger charge is -2.22. The monoisotopic (exact) mass is 677 g/mol. The van der Waals surface area contributed by atoms with Crippen LogP contribution in [0.25, 0.3) is 0 Å². The second-order valence-electron chi connectivity index (χ2n) is 13.0. The number of nitrogens with two attached hydrogens (primary N) is 2. The third kappa shape index (κ3) is 13.9. The standard InChI is InChI=1S/C36H47N5O8/c1-35(2,3)47-33(43)39-21-27(22-40-34(44)48-36(4,5)6)41-31(37)26-17-19-28(20-18-26)45-23-29(49-38)32(42)46-30(24-13-9-7-10-14-24)25-15-11-8-12-16-25/h7-20,27,29-30H,21-23,38H2,1-6H3,(H2,37,41)(H,39,43)(H,40,44)/t29-/m0/s1. The number of esters is 1. The molecule has 49 heavy (non-hydrogen) atoms. The van der Waals surface area contributed by atoms with Crippen LogP contribution in [0.1, 0.15) is 64.3 Å². The van der Waals surface area contributed by atoms with Crippen molar-refractivity contribution in [2.75, 3.05) is 19.7 Å². The maximum atomic E-state index is 13.1. The van der Waals surface area contributed by atoms with Crippen LogP contribution in [0.3, 0.4) is 0 Å². The first kappa shape index (κ1) is 38.3. The second-order valence-corrected chi connectivity index (χ2v) is 13.0. The molecule has 264 valence electrons. The van der Waals surface area contributed by atoms with Gasteiger partial charge in [0.2, 0.25) is 6.10 Å². The van der Waals surface area contributed by atoms with Gasteiger partial charge in [-0.2, -0.15) is 0 Å². The molecule has 0 unspecified atom stereocenters. The van der Waals surface area contributed by atoms with Crippen molar-refractivity contribution in [2.24, 2.45) is 16.6 Å². The zero-order chi connectivity index (χ0) is 36.0. The van der Waals surface area contributed by atoms with Crippen molar-refractivity contribution >= 4 is 24.0 Å². The highest BCUT2D eigenvalue weighted by molar-refractivity contribution is 5.97. The Morgan fingerprint density at radius 2 is 1.20 bits per heavy atom. The molecule has 0 aromatic heterocycles. The van der Waals surface area contributed by atoms with Crippen LogP contribution in [0.15, 0.2) is 89.9 Å². The number of rotatable bonds is 14. The molecule has 0 fully saturated rings. The lowest BCUT2D eigenvalue weighted by Crippen LogP contribution is -2.43. The number of alkyl carbamates (subject to hydrolysis) is 2. The van der Waals surface area contributed by atoms with Crippen LogP contribution in [0, 0.1) is 0 Å². The molecule has 0 spiro atoms. The number of amidine groups is 1. The van der Waals surface area contributed by atoms with E-state index in [1.807, 2.05) is 60.7 Å². The van der Waals surface area contributed by atoms with Crippen LogP contribution < -0.4 is 27.0 Å². The van der Waals surface area contributed by atoms with Gasteiger partial charge in [-0.15, -0.1) is 0 Å². The van der Waals surface area contributed by atoms with Gasteiger partial charge < -0.3 is 35.3 Å². The smallest absolute Gasteiger partial charge is 0.407 e. The van der Waals surface area contributed by atoms with Gasteiger partial charge in [-0.1, -0.05) is 60.7 Å². The summed E-state index contributed by atoms with van der Waals surface area (Å²) >= 11 is 0. The summed E-state index contributed by atoms with van der Waals surface area (Å²) in [5.41, 5.74) is 7.06. The molecular weight excluding hydrogens is 630 g/mol. The maximum Gasteiger partial charge on any atom is 0.407 e. The van der Waals surface area contributed by atoms with Crippen molar-refractivity contribution in [3.8, 4) is 5.75 Å². The van der Waals surface area contributed by atoms with E-state index >= 15 is 0 Å². The Bertz CT molecular complexity index is 1450. The first-order chi connectivity index (χ1) is 23.1. The highest BCUT2D eigenvalue weighted by Crippen LogP contribution is 2.26. The Hall–Kier alpha value is -5.14. The predicted molar refractivity (Wildman–Crippen MR) is 185 cm³/mol. The molecule has 0 aliphatic rings. The summed E-state index contributed by atoms with van der Waals surface area (Å²) in [4.78, 5) is 47.1. The predicted octanol–water partition coefficient (Wildman–Crippen LogP) is 4.78. The molecule has 6 N–H and O–H groups in total. The summed E-state index contributed by atoms with van der Waals surface area (Å²) in [7, 11) is 0. The molecule has 3 aromatic rings. The van der Waals surface area contributed by atoms with E-state index in [0.29, 0.717) is 11.3 Å². The maximum absolute atomic E-state index is 13.1. The van der Waals surface area contributed by atoms with Gasteiger partial charge in [0, 0.05) is 18.7 Å². The SMILES string of the molecule is CC(C)(C)OC(=O)NCC(CNC(=O)OC(C)(C)C)N=C(N)c1ccc(OC[C@H](ON)C(=O)OC(c2ccccc2)c2ccccc2)cc1. The minimum atomic E-state index is -1.21. The van der Waals surface area contributed by atoms with E-state index in [1.165, 1.54) is 0 Å². The summed E-state index contributed by atoms with van der Waals surface area (Å²) in [5.74, 6) is 5.32. The average Bonchev–Trinajstić information content (AvgIpc) is 3.04. The molecule has 13 nitrogen and oxygen atoms in total. The molecule has 3 rings (SSSR count). The highest BCUT2D eigenvalue weighted by Gasteiger charge is 2.27. The van der Waals surface area contributed by atoms with E-state index < -0.39 is 47.6 Å². The fourth-order valence-electron chi connectivity index (χ4n) is 4.30. The van der Waals surface area contributed by atoms with Crippen molar-refractivity contribution in [3.05, 3.63) is 102 Å². The number of hydrogen-bond acceptors (Lipinski definition) is 10. The van der Waals surface area contributed by atoms with Gasteiger partial charge in [-0.3, -0.25) is 9.83 Å². The Balaban J connectivity index is 1.65. The van der Waals surface area contributed by atoms with Crippen LogP contribution in [0.2, 0.25) is 0 Å². The van der Waals surface area contributed by atoms with Crippen LogP contribution in [0.5, 0.6) is 5.75 Å². The Labute approximate surface area is 287 Å². The largest absolute Gasteiger partial charge is 0.490 e. The molecule has 0 aliphatic carbocycles. The third-order valence-corrected chi connectivity index (χ3v) is 6.50. The number of nitrogens with one attached hydrogen (secondary N) is 2. The van der Waals surface area contributed by atoms with Crippen molar-refractivity contribution in [2.45, 2.75) is 71.0 Å². The van der Waals surface area contributed by atoms with E-state index in [1.54, 1.807) is 65.8 Å². The van der Waals surface area contributed by atoms with Gasteiger partial charge in [0.25, 0.3) is 0 Å². The minimum absolute atomic E-state index is 0.0264. The van der Waals surface area contributed by atoms with Crippen molar-refractivity contribution in [1.82, 2.24) is 10.6 Å². The number of hydrogen-bond donors (Lipinski definition) is 4. The number of aliphatic imine (C=N–C) groups is 1. The van der Waals surface area contributed by atoms with Crippen LogP contribution in [0.4, 0.5) is 9.59 Å². The number of amides is 2. The van der Waals surface area contributed by atoms with Crippen molar-refractivity contribution < 1.29 is 38.2 Å². The molecule has 0 aliphatic heterocycles. The number of carbonyl (C=O) groups excluding carboxylic acids is 3. The minimum Gasteiger partial charge on any atom is -0.490 e. The van der Waals surface area contributed by atoms with Crippen LogP contribution in [-0.2, 0) is 23.8 Å². The van der Waals surface area contributed by atoms with Crippen LogP contribution >= 0.6 is 0 Å². The Morgan fingerprint density at radius 1 is 0.735 bits per heavy atom. The Kier molecular flexibility index (Phi) is 14.0. The molecule has 13 heteroatoms. The van der Waals surface area contributed by atoms with Crippen molar-refractivity contribution in [3.63, 3.8) is 0 Å². The third-order valence-electron chi connectivity index (χ3n) is 6.50.